The van der Waals surface area contributed by atoms with Crippen LogP contribution in [0.5, 0.6) is 0 Å². The number of carbonyl (C=O) groups is 1. The summed E-state index contributed by atoms with van der Waals surface area (Å²) in [6.07, 6.45) is 0.497. The van der Waals surface area contributed by atoms with Gasteiger partial charge in [0, 0.05) is 24.0 Å². The van der Waals surface area contributed by atoms with E-state index in [0.717, 1.165) is 16.6 Å². The predicted octanol–water partition coefficient (Wildman–Crippen LogP) is 1.35. The van der Waals surface area contributed by atoms with Crippen LogP contribution in [-0.4, -0.2) is 29.7 Å². The molecule has 1 aromatic heterocycles. The SMILES string of the molecule is O=C1NCCN=C1Cc1ccc2ccccc2n1. The van der Waals surface area contributed by atoms with Crippen LogP contribution < -0.4 is 5.32 Å². The molecule has 2 heterocycles. The van der Waals surface area contributed by atoms with Crippen molar-refractivity contribution in [1.82, 2.24) is 10.3 Å². The maximum atomic E-state index is 11.6. The summed E-state index contributed by atoms with van der Waals surface area (Å²) in [4.78, 5) is 20.4. The van der Waals surface area contributed by atoms with Gasteiger partial charge in [0.25, 0.3) is 5.91 Å². The largest absolute Gasteiger partial charge is 0.349 e. The van der Waals surface area contributed by atoms with Crippen molar-refractivity contribution in [2.24, 2.45) is 4.99 Å². The maximum Gasteiger partial charge on any atom is 0.265 e. The van der Waals surface area contributed by atoms with Crippen molar-refractivity contribution in [3.63, 3.8) is 0 Å². The highest BCUT2D eigenvalue weighted by Crippen LogP contribution is 2.12. The van der Waals surface area contributed by atoms with Crippen molar-refractivity contribution >= 4 is 22.5 Å². The van der Waals surface area contributed by atoms with E-state index in [9.17, 15) is 4.79 Å². The standard InChI is InChI=1S/C14H13N3O/c18-14-13(15-7-8-16-14)9-11-6-5-10-3-1-2-4-12(10)17-11/h1-6H,7-9H2,(H,16,18). The monoisotopic (exact) mass is 239 g/mol. The number of hydrogen-bond acceptors (Lipinski definition) is 3. The molecule has 1 aliphatic rings. The Balaban J connectivity index is 1.90. The van der Waals surface area contributed by atoms with E-state index in [2.05, 4.69) is 15.3 Å². The van der Waals surface area contributed by atoms with Crippen molar-refractivity contribution in [2.45, 2.75) is 6.42 Å². The zero-order chi connectivity index (χ0) is 12.4. The zero-order valence-corrected chi connectivity index (χ0v) is 9.89. The van der Waals surface area contributed by atoms with Crippen LogP contribution in [0.4, 0.5) is 0 Å². The molecule has 0 unspecified atom stereocenters. The number of aromatic nitrogens is 1. The second kappa shape index (κ2) is 4.56. The molecule has 3 rings (SSSR count). The molecule has 0 atom stereocenters. The van der Waals surface area contributed by atoms with E-state index < -0.39 is 0 Å². The highest BCUT2D eigenvalue weighted by Gasteiger charge is 2.15. The van der Waals surface area contributed by atoms with Crippen LogP contribution >= 0.6 is 0 Å². The first-order chi connectivity index (χ1) is 8.83. The Kier molecular flexibility index (Phi) is 2.76. The van der Waals surface area contributed by atoms with Crippen LogP contribution in [0.25, 0.3) is 10.9 Å². The fourth-order valence-corrected chi connectivity index (χ4v) is 2.05. The smallest absolute Gasteiger partial charge is 0.265 e. The number of benzene rings is 1. The summed E-state index contributed by atoms with van der Waals surface area (Å²) in [6, 6.07) is 11.9. The first kappa shape index (κ1) is 10.9. The number of rotatable bonds is 2. The minimum Gasteiger partial charge on any atom is -0.349 e. The van der Waals surface area contributed by atoms with E-state index >= 15 is 0 Å². The number of nitrogens with zero attached hydrogens (tertiary/aromatic N) is 2. The molecule has 0 bridgehead atoms. The highest BCUT2D eigenvalue weighted by molar-refractivity contribution is 6.39. The van der Waals surface area contributed by atoms with Crippen LogP contribution in [0, 0.1) is 0 Å². The molecule has 4 nitrogen and oxygen atoms in total. The van der Waals surface area contributed by atoms with E-state index in [4.69, 9.17) is 0 Å². The number of aliphatic imine (C=N–C) groups is 1. The van der Waals surface area contributed by atoms with Crippen molar-refractivity contribution < 1.29 is 4.79 Å². The number of para-hydroxylation sites is 1. The Morgan fingerprint density at radius 3 is 2.94 bits per heavy atom. The van der Waals surface area contributed by atoms with Crippen LogP contribution in [0.1, 0.15) is 5.69 Å². The molecule has 0 radical (unpaired) electrons. The first-order valence-corrected chi connectivity index (χ1v) is 5.99. The minimum atomic E-state index is -0.0730. The van der Waals surface area contributed by atoms with Gasteiger partial charge < -0.3 is 5.32 Å². The average molecular weight is 239 g/mol. The van der Waals surface area contributed by atoms with Gasteiger partial charge in [0.2, 0.25) is 0 Å². The lowest BCUT2D eigenvalue weighted by Crippen LogP contribution is -2.38. The van der Waals surface area contributed by atoms with Crippen molar-refractivity contribution in [2.75, 3.05) is 13.1 Å². The van der Waals surface area contributed by atoms with Crippen molar-refractivity contribution in [1.29, 1.82) is 0 Å². The molecule has 1 aromatic carbocycles. The molecule has 1 aliphatic heterocycles. The highest BCUT2D eigenvalue weighted by atomic mass is 16.2. The topological polar surface area (TPSA) is 54.4 Å². The molecule has 1 amide bonds. The summed E-state index contributed by atoms with van der Waals surface area (Å²) in [5, 5.41) is 3.90. The summed E-state index contributed by atoms with van der Waals surface area (Å²) in [6.45, 7) is 1.29. The Labute approximate surface area is 105 Å². The molecule has 2 aromatic rings. The van der Waals surface area contributed by atoms with Crippen LogP contribution in [0.3, 0.4) is 0 Å². The van der Waals surface area contributed by atoms with Gasteiger partial charge in [-0.3, -0.25) is 14.8 Å². The summed E-state index contributed by atoms with van der Waals surface area (Å²) in [5.74, 6) is -0.0730. The normalized spacial score (nSPS) is 15.3. The van der Waals surface area contributed by atoms with E-state index in [1.807, 2.05) is 36.4 Å². The molecule has 18 heavy (non-hydrogen) atoms. The second-order valence-corrected chi connectivity index (χ2v) is 4.26. The Morgan fingerprint density at radius 1 is 1.17 bits per heavy atom. The van der Waals surface area contributed by atoms with Crippen molar-refractivity contribution in [3.8, 4) is 0 Å². The van der Waals surface area contributed by atoms with E-state index in [1.165, 1.54) is 0 Å². The molecule has 1 N–H and O–H groups in total. The Morgan fingerprint density at radius 2 is 2.06 bits per heavy atom. The second-order valence-electron chi connectivity index (χ2n) is 4.26. The van der Waals surface area contributed by atoms with Gasteiger partial charge >= 0.3 is 0 Å². The molecule has 4 heteroatoms. The number of nitrogens with one attached hydrogen (secondary N) is 1. The Hall–Kier alpha value is -2.23. The molecule has 0 fully saturated rings. The van der Waals surface area contributed by atoms with Gasteiger partial charge in [0.05, 0.1) is 12.1 Å². The van der Waals surface area contributed by atoms with Gasteiger partial charge in [-0.2, -0.15) is 0 Å². The number of pyridine rings is 1. The predicted molar refractivity (Wildman–Crippen MR) is 70.8 cm³/mol. The fourth-order valence-electron chi connectivity index (χ4n) is 2.05. The van der Waals surface area contributed by atoms with E-state index in [1.54, 1.807) is 0 Å². The summed E-state index contributed by atoms with van der Waals surface area (Å²) < 4.78 is 0. The molecule has 0 saturated carbocycles. The maximum absolute atomic E-state index is 11.6. The number of hydrogen-bond donors (Lipinski definition) is 1. The third-order valence-corrected chi connectivity index (χ3v) is 2.97. The summed E-state index contributed by atoms with van der Waals surface area (Å²) in [7, 11) is 0. The van der Waals surface area contributed by atoms with Gasteiger partial charge in [-0.1, -0.05) is 24.3 Å². The van der Waals surface area contributed by atoms with Gasteiger partial charge in [0.1, 0.15) is 5.71 Å². The van der Waals surface area contributed by atoms with Crippen LogP contribution in [0.15, 0.2) is 41.4 Å². The minimum absolute atomic E-state index is 0.0730. The Bertz CT molecular complexity index is 634. The summed E-state index contributed by atoms with van der Waals surface area (Å²) >= 11 is 0. The lowest BCUT2D eigenvalue weighted by molar-refractivity contribution is -0.115. The number of fused-ring (bicyclic) bond motifs is 1. The lowest BCUT2D eigenvalue weighted by atomic mass is 10.1. The van der Waals surface area contributed by atoms with Crippen LogP contribution in [0.2, 0.25) is 0 Å². The van der Waals surface area contributed by atoms with Gasteiger partial charge in [0.15, 0.2) is 0 Å². The van der Waals surface area contributed by atoms with Crippen molar-refractivity contribution in [3.05, 3.63) is 42.1 Å². The average Bonchev–Trinajstić information content (AvgIpc) is 2.41. The molecule has 0 aliphatic carbocycles. The third-order valence-electron chi connectivity index (χ3n) is 2.97. The van der Waals surface area contributed by atoms with Gasteiger partial charge in [-0.25, -0.2) is 0 Å². The lowest BCUT2D eigenvalue weighted by Gasteiger charge is -2.12. The molecule has 0 saturated heterocycles. The fraction of sp³-hybridized carbons (Fsp3) is 0.214. The molecular formula is C14H13N3O. The molecular weight excluding hydrogens is 226 g/mol. The van der Waals surface area contributed by atoms with Gasteiger partial charge in [-0.15, -0.1) is 0 Å². The number of amides is 1. The quantitative estimate of drug-likeness (QED) is 0.860. The zero-order valence-electron chi connectivity index (χ0n) is 9.89. The molecule has 90 valence electrons. The number of carbonyl (C=O) groups excluding carboxylic acids is 1. The van der Waals surface area contributed by atoms with E-state index in [0.29, 0.717) is 25.2 Å². The first-order valence-electron chi connectivity index (χ1n) is 5.99. The molecule has 0 spiro atoms. The third kappa shape index (κ3) is 2.09. The van der Waals surface area contributed by atoms with E-state index in [-0.39, 0.29) is 5.91 Å². The summed E-state index contributed by atoms with van der Waals surface area (Å²) in [5.41, 5.74) is 2.40. The van der Waals surface area contributed by atoms with Gasteiger partial charge in [-0.05, 0) is 12.1 Å². The van der Waals surface area contributed by atoms with Crippen LogP contribution in [-0.2, 0) is 11.2 Å².